The summed E-state index contributed by atoms with van der Waals surface area (Å²) in [5.74, 6) is 0.917. The molecule has 0 saturated heterocycles. The van der Waals surface area contributed by atoms with Crippen molar-refractivity contribution in [2.45, 2.75) is 31.2 Å². The van der Waals surface area contributed by atoms with E-state index in [1.54, 1.807) is 11.8 Å². The van der Waals surface area contributed by atoms with Crippen molar-refractivity contribution in [3.8, 4) is 0 Å². The van der Waals surface area contributed by atoms with E-state index < -0.39 is 0 Å². The fourth-order valence-corrected chi connectivity index (χ4v) is 2.57. The van der Waals surface area contributed by atoms with Crippen LogP contribution < -0.4 is 5.32 Å². The number of thioether (sulfide) groups is 1. The van der Waals surface area contributed by atoms with Gasteiger partial charge in [-0.3, -0.25) is 0 Å². The Labute approximate surface area is 120 Å². The van der Waals surface area contributed by atoms with Gasteiger partial charge in [0, 0.05) is 16.7 Å². The van der Waals surface area contributed by atoms with Crippen molar-refractivity contribution in [3.63, 3.8) is 0 Å². The molecule has 0 radical (unpaired) electrons. The Morgan fingerprint density at radius 1 is 1.37 bits per heavy atom. The molecule has 0 heterocycles. The lowest BCUT2D eigenvalue weighted by Crippen LogP contribution is -2.19. The van der Waals surface area contributed by atoms with E-state index in [9.17, 15) is 0 Å². The zero-order chi connectivity index (χ0) is 13.9. The Hall–Kier alpha value is -0.550. The van der Waals surface area contributed by atoms with E-state index in [4.69, 9.17) is 9.84 Å². The highest BCUT2D eigenvalue weighted by molar-refractivity contribution is 7.99. The molecule has 0 aliphatic rings. The Kier molecular flexibility index (Phi) is 8.91. The van der Waals surface area contributed by atoms with Crippen LogP contribution in [0.1, 0.15) is 31.9 Å². The maximum absolute atomic E-state index is 8.61. The van der Waals surface area contributed by atoms with E-state index in [0.29, 0.717) is 19.3 Å². The van der Waals surface area contributed by atoms with Gasteiger partial charge >= 0.3 is 0 Å². The van der Waals surface area contributed by atoms with E-state index in [2.05, 4.69) is 43.4 Å². The maximum atomic E-state index is 8.61. The van der Waals surface area contributed by atoms with Gasteiger partial charge < -0.3 is 15.2 Å². The van der Waals surface area contributed by atoms with Crippen LogP contribution in [-0.4, -0.2) is 37.2 Å². The summed E-state index contributed by atoms with van der Waals surface area (Å²) in [6.45, 7) is 6.63. The maximum Gasteiger partial charge on any atom is 0.0698 e. The molecule has 4 heteroatoms. The molecule has 1 rings (SSSR count). The molecule has 0 fully saturated rings. The van der Waals surface area contributed by atoms with Crippen LogP contribution in [0.25, 0.3) is 0 Å². The van der Waals surface area contributed by atoms with E-state index in [0.717, 1.165) is 18.7 Å². The van der Waals surface area contributed by atoms with Gasteiger partial charge in [0.2, 0.25) is 0 Å². The van der Waals surface area contributed by atoms with Gasteiger partial charge in [0.25, 0.3) is 0 Å². The quantitative estimate of drug-likeness (QED) is 0.512. The van der Waals surface area contributed by atoms with E-state index in [1.165, 1.54) is 10.5 Å². The average molecular weight is 283 g/mol. The van der Waals surface area contributed by atoms with Gasteiger partial charge in [0.05, 0.1) is 19.8 Å². The van der Waals surface area contributed by atoms with Gasteiger partial charge in [0.1, 0.15) is 0 Å². The van der Waals surface area contributed by atoms with Crippen LogP contribution in [0.3, 0.4) is 0 Å². The number of nitrogens with one attached hydrogen (secondary N) is 1. The third-order valence-corrected chi connectivity index (χ3v) is 3.75. The summed E-state index contributed by atoms with van der Waals surface area (Å²) in [6, 6.07) is 9.04. The largest absolute Gasteiger partial charge is 0.394 e. The summed E-state index contributed by atoms with van der Waals surface area (Å²) < 4.78 is 5.25. The molecule has 3 nitrogen and oxygen atoms in total. The van der Waals surface area contributed by atoms with Crippen LogP contribution in [0, 0.1) is 0 Å². The molecular weight excluding hydrogens is 258 g/mol. The molecule has 19 heavy (non-hydrogen) atoms. The fraction of sp³-hybridized carbons (Fsp3) is 0.600. The normalized spacial score (nSPS) is 12.6. The number of aliphatic hydroxyl groups excluding tert-OH is 1. The SMILES string of the molecule is CCCNC(C)c1cccc(SCCOCCO)c1. The lowest BCUT2D eigenvalue weighted by molar-refractivity contribution is 0.103. The number of aliphatic hydroxyl groups is 1. The Bertz CT molecular complexity index is 347. The summed E-state index contributed by atoms with van der Waals surface area (Å²) in [5, 5.41) is 12.1. The second-order valence-corrected chi connectivity index (χ2v) is 5.60. The molecule has 0 saturated carbocycles. The predicted molar refractivity (Wildman–Crippen MR) is 81.8 cm³/mol. The third kappa shape index (κ3) is 6.97. The average Bonchev–Trinajstić information content (AvgIpc) is 2.45. The van der Waals surface area contributed by atoms with Crippen LogP contribution in [0.4, 0.5) is 0 Å². The molecule has 108 valence electrons. The number of benzene rings is 1. The Morgan fingerprint density at radius 2 is 2.21 bits per heavy atom. The molecule has 0 spiro atoms. The Balaban J connectivity index is 2.38. The summed E-state index contributed by atoms with van der Waals surface area (Å²) in [6.07, 6.45) is 1.15. The number of rotatable bonds is 10. The van der Waals surface area contributed by atoms with Crippen LogP contribution in [0.2, 0.25) is 0 Å². The first kappa shape index (κ1) is 16.5. The number of ether oxygens (including phenoxy) is 1. The first-order valence-electron chi connectivity index (χ1n) is 6.92. The second kappa shape index (κ2) is 10.3. The van der Waals surface area contributed by atoms with Gasteiger partial charge in [-0.15, -0.1) is 11.8 Å². The molecule has 1 unspecified atom stereocenters. The smallest absolute Gasteiger partial charge is 0.0698 e. The zero-order valence-electron chi connectivity index (χ0n) is 11.9. The topological polar surface area (TPSA) is 41.5 Å². The standard InChI is InChI=1S/C15H25NO2S/c1-3-7-16-13(2)14-5-4-6-15(12-14)19-11-10-18-9-8-17/h4-6,12-13,16-17H,3,7-11H2,1-2H3. The predicted octanol–water partition coefficient (Wildman–Crippen LogP) is 2.85. The highest BCUT2D eigenvalue weighted by atomic mass is 32.2. The van der Waals surface area contributed by atoms with Crippen LogP contribution in [0.15, 0.2) is 29.2 Å². The molecule has 1 atom stereocenters. The van der Waals surface area contributed by atoms with Crippen molar-refractivity contribution >= 4 is 11.8 Å². The Morgan fingerprint density at radius 3 is 2.95 bits per heavy atom. The van der Waals surface area contributed by atoms with Gasteiger partial charge in [-0.25, -0.2) is 0 Å². The lowest BCUT2D eigenvalue weighted by Gasteiger charge is -2.14. The summed E-state index contributed by atoms with van der Waals surface area (Å²) in [7, 11) is 0. The van der Waals surface area contributed by atoms with Crippen molar-refractivity contribution in [3.05, 3.63) is 29.8 Å². The van der Waals surface area contributed by atoms with Crippen molar-refractivity contribution in [1.29, 1.82) is 0 Å². The monoisotopic (exact) mass is 283 g/mol. The minimum Gasteiger partial charge on any atom is -0.394 e. The second-order valence-electron chi connectivity index (χ2n) is 4.43. The molecule has 0 aliphatic heterocycles. The minimum absolute atomic E-state index is 0.0980. The van der Waals surface area contributed by atoms with Crippen molar-refractivity contribution in [2.75, 3.05) is 32.1 Å². The van der Waals surface area contributed by atoms with Gasteiger partial charge in [-0.2, -0.15) is 0 Å². The first-order valence-corrected chi connectivity index (χ1v) is 7.91. The van der Waals surface area contributed by atoms with E-state index >= 15 is 0 Å². The third-order valence-electron chi connectivity index (χ3n) is 2.79. The van der Waals surface area contributed by atoms with Gasteiger partial charge in [0.15, 0.2) is 0 Å². The van der Waals surface area contributed by atoms with Gasteiger partial charge in [-0.05, 0) is 37.6 Å². The number of hydrogen-bond acceptors (Lipinski definition) is 4. The molecular formula is C15H25NO2S. The molecule has 1 aromatic carbocycles. The lowest BCUT2D eigenvalue weighted by atomic mass is 10.1. The van der Waals surface area contributed by atoms with Crippen molar-refractivity contribution < 1.29 is 9.84 Å². The minimum atomic E-state index is 0.0980. The molecule has 2 N–H and O–H groups in total. The summed E-state index contributed by atoms with van der Waals surface area (Å²) in [5.41, 5.74) is 1.33. The molecule has 0 aromatic heterocycles. The molecule has 0 bridgehead atoms. The molecule has 0 amide bonds. The van der Waals surface area contributed by atoms with E-state index in [1.807, 2.05) is 0 Å². The highest BCUT2D eigenvalue weighted by Gasteiger charge is 2.04. The van der Waals surface area contributed by atoms with Crippen molar-refractivity contribution in [2.24, 2.45) is 0 Å². The molecule has 1 aromatic rings. The van der Waals surface area contributed by atoms with E-state index in [-0.39, 0.29) is 6.61 Å². The zero-order valence-corrected chi connectivity index (χ0v) is 12.7. The first-order chi connectivity index (χ1) is 9.27. The molecule has 0 aliphatic carbocycles. The summed E-state index contributed by atoms with van der Waals surface area (Å²) in [4.78, 5) is 1.27. The summed E-state index contributed by atoms with van der Waals surface area (Å²) >= 11 is 1.79. The fourth-order valence-electron chi connectivity index (χ4n) is 1.74. The van der Waals surface area contributed by atoms with Crippen LogP contribution >= 0.6 is 11.8 Å². The van der Waals surface area contributed by atoms with Crippen LogP contribution in [0.5, 0.6) is 0 Å². The number of hydrogen-bond donors (Lipinski definition) is 2. The van der Waals surface area contributed by atoms with Crippen molar-refractivity contribution in [1.82, 2.24) is 5.32 Å². The van der Waals surface area contributed by atoms with Gasteiger partial charge in [-0.1, -0.05) is 19.1 Å². The highest BCUT2D eigenvalue weighted by Crippen LogP contribution is 2.22. The van der Waals surface area contributed by atoms with Crippen LogP contribution in [-0.2, 0) is 4.74 Å².